The molecule has 0 bridgehead atoms. The second-order valence-electron chi connectivity index (χ2n) is 4.47. The summed E-state index contributed by atoms with van der Waals surface area (Å²) < 4.78 is 5.31. The Hall–Kier alpha value is -2.39. The molecule has 104 valence electrons. The number of nitrogens with zero attached hydrogens (tertiary/aromatic N) is 2. The molecule has 0 unspecified atom stereocenters. The van der Waals surface area contributed by atoms with Crippen molar-refractivity contribution in [1.29, 1.82) is 0 Å². The average molecular weight is 297 g/mol. The molecule has 0 saturated heterocycles. The van der Waals surface area contributed by atoms with Crippen molar-refractivity contribution in [3.05, 3.63) is 65.1 Å². The van der Waals surface area contributed by atoms with Gasteiger partial charge in [-0.2, -0.15) is 0 Å². The van der Waals surface area contributed by atoms with Crippen LogP contribution >= 0.6 is 11.6 Å². The van der Waals surface area contributed by atoms with Gasteiger partial charge in [0.15, 0.2) is 5.82 Å². The van der Waals surface area contributed by atoms with Crippen LogP contribution in [0.2, 0.25) is 5.15 Å². The molecule has 0 N–H and O–H groups in total. The molecule has 0 amide bonds. The molecule has 3 nitrogen and oxygen atoms in total. The molecule has 1 aromatic heterocycles. The topological polar surface area (TPSA) is 35.0 Å². The lowest BCUT2D eigenvalue weighted by Gasteiger charge is -2.04. The van der Waals surface area contributed by atoms with E-state index >= 15 is 0 Å². The van der Waals surface area contributed by atoms with E-state index in [1.807, 2.05) is 60.7 Å². The van der Waals surface area contributed by atoms with Gasteiger partial charge in [-0.1, -0.05) is 41.9 Å². The van der Waals surface area contributed by atoms with E-state index in [1.54, 1.807) is 7.11 Å². The number of hydrogen-bond donors (Lipinski definition) is 0. The Balaban J connectivity index is 2.00. The summed E-state index contributed by atoms with van der Waals surface area (Å²) in [7, 11) is 1.65. The van der Waals surface area contributed by atoms with Crippen LogP contribution in [-0.2, 0) is 0 Å². The number of benzene rings is 2. The van der Waals surface area contributed by atoms with Crippen molar-refractivity contribution in [2.75, 3.05) is 7.11 Å². The highest BCUT2D eigenvalue weighted by atomic mass is 35.5. The van der Waals surface area contributed by atoms with Crippen molar-refractivity contribution in [2.24, 2.45) is 0 Å². The van der Waals surface area contributed by atoms with Crippen LogP contribution in [-0.4, -0.2) is 17.1 Å². The number of ether oxygens (including phenoxy) is 1. The van der Waals surface area contributed by atoms with E-state index < -0.39 is 0 Å². The fourth-order valence-corrected chi connectivity index (χ4v) is 2.34. The summed E-state index contributed by atoms with van der Waals surface area (Å²) in [4.78, 5) is 8.78. The van der Waals surface area contributed by atoms with Crippen molar-refractivity contribution >= 4 is 34.7 Å². The van der Waals surface area contributed by atoms with Gasteiger partial charge >= 0.3 is 0 Å². The highest BCUT2D eigenvalue weighted by Gasteiger charge is 2.03. The standard InChI is InChI=1S/C17H13ClN2O/c1-21-15-9-5-2-6-12(15)10-11-16-19-14-8-4-3-7-13(14)17(18)20-16/h2-11H,1H3/b11-10+. The van der Waals surface area contributed by atoms with Crippen LogP contribution in [0.1, 0.15) is 11.4 Å². The second-order valence-corrected chi connectivity index (χ2v) is 4.82. The lowest BCUT2D eigenvalue weighted by molar-refractivity contribution is 0.414. The highest BCUT2D eigenvalue weighted by Crippen LogP contribution is 2.22. The van der Waals surface area contributed by atoms with Crippen molar-refractivity contribution in [3.63, 3.8) is 0 Å². The van der Waals surface area contributed by atoms with Gasteiger partial charge in [-0.3, -0.25) is 0 Å². The number of para-hydroxylation sites is 2. The van der Waals surface area contributed by atoms with Gasteiger partial charge in [-0.25, -0.2) is 9.97 Å². The zero-order valence-electron chi connectivity index (χ0n) is 11.5. The summed E-state index contributed by atoms with van der Waals surface area (Å²) in [5, 5.41) is 1.31. The monoisotopic (exact) mass is 296 g/mol. The predicted octanol–water partition coefficient (Wildman–Crippen LogP) is 4.46. The second kappa shape index (κ2) is 5.94. The van der Waals surface area contributed by atoms with Crippen molar-refractivity contribution < 1.29 is 4.74 Å². The molecule has 3 rings (SSSR count). The number of aromatic nitrogens is 2. The summed E-state index contributed by atoms with van der Waals surface area (Å²) in [6.07, 6.45) is 3.75. The molecule has 1 heterocycles. The average Bonchev–Trinajstić information content (AvgIpc) is 2.53. The van der Waals surface area contributed by atoms with Gasteiger partial charge in [0.2, 0.25) is 0 Å². The Labute approximate surface area is 127 Å². The minimum atomic E-state index is 0.459. The van der Waals surface area contributed by atoms with E-state index in [0.29, 0.717) is 11.0 Å². The molecule has 3 aromatic rings. The van der Waals surface area contributed by atoms with Crippen LogP contribution in [0, 0.1) is 0 Å². The Morgan fingerprint density at radius 3 is 2.57 bits per heavy atom. The maximum absolute atomic E-state index is 6.19. The Kier molecular flexibility index (Phi) is 3.84. The zero-order valence-corrected chi connectivity index (χ0v) is 12.2. The van der Waals surface area contributed by atoms with E-state index in [2.05, 4.69) is 9.97 Å². The Morgan fingerprint density at radius 1 is 0.952 bits per heavy atom. The van der Waals surface area contributed by atoms with Gasteiger partial charge in [0.1, 0.15) is 10.9 Å². The molecular formula is C17H13ClN2O. The third-order valence-corrected chi connectivity index (χ3v) is 3.41. The van der Waals surface area contributed by atoms with Gasteiger partial charge in [-0.15, -0.1) is 0 Å². The molecule has 0 radical (unpaired) electrons. The third kappa shape index (κ3) is 2.88. The molecule has 4 heteroatoms. The first-order chi connectivity index (χ1) is 10.3. The summed E-state index contributed by atoms with van der Waals surface area (Å²) in [5.41, 5.74) is 1.80. The number of hydrogen-bond acceptors (Lipinski definition) is 3. The lowest BCUT2D eigenvalue weighted by Crippen LogP contribution is -1.90. The number of methoxy groups -OCH3 is 1. The molecule has 0 atom stereocenters. The fraction of sp³-hybridized carbons (Fsp3) is 0.0588. The molecule has 21 heavy (non-hydrogen) atoms. The van der Waals surface area contributed by atoms with Gasteiger partial charge in [0, 0.05) is 10.9 Å². The van der Waals surface area contributed by atoms with E-state index in [1.165, 1.54) is 0 Å². The van der Waals surface area contributed by atoms with E-state index in [-0.39, 0.29) is 0 Å². The van der Waals surface area contributed by atoms with Crippen LogP contribution in [0.15, 0.2) is 48.5 Å². The van der Waals surface area contributed by atoms with Crippen molar-refractivity contribution in [2.45, 2.75) is 0 Å². The van der Waals surface area contributed by atoms with Crippen LogP contribution in [0.5, 0.6) is 5.75 Å². The minimum Gasteiger partial charge on any atom is -0.496 e. The zero-order chi connectivity index (χ0) is 14.7. The highest BCUT2D eigenvalue weighted by molar-refractivity contribution is 6.34. The summed E-state index contributed by atoms with van der Waals surface area (Å²) in [6, 6.07) is 15.4. The maximum atomic E-state index is 6.19. The maximum Gasteiger partial charge on any atom is 0.154 e. The first-order valence-corrected chi connectivity index (χ1v) is 6.89. The molecule has 0 aliphatic carbocycles. The minimum absolute atomic E-state index is 0.459. The third-order valence-electron chi connectivity index (χ3n) is 3.12. The Bertz CT molecular complexity index is 815. The van der Waals surface area contributed by atoms with Crippen molar-refractivity contribution in [3.8, 4) is 5.75 Å². The van der Waals surface area contributed by atoms with Crippen LogP contribution in [0.3, 0.4) is 0 Å². The number of fused-ring (bicyclic) bond motifs is 1. The quantitative estimate of drug-likeness (QED) is 0.669. The van der Waals surface area contributed by atoms with Gasteiger partial charge in [-0.05, 0) is 30.4 Å². The van der Waals surface area contributed by atoms with Crippen LogP contribution in [0.4, 0.5) is 0 Å². The fourth-order valence-electron chi connectivity index (χ4n) is 2.10. The molecule has 0 aliphatic heterocycles. The molecule has 0 fully saturated rings. The van der Waals surface area contributed by atoms with E-state index in [0.717, 1.165) is 22.2 Å². The normalized spacial score (nSPS) is 11.1. The molecular weight excluding hydrogens is 284 g/mol. The predicted molar refractivity (Wildman–Crippen MR) is 86.5 cm³/mol. The van der Waals surface area contributed by atoms with E-state index in [4.69, 9.17) is 16.3 Å². The van der Waals surface area contributed by atoms with Gasteiger partial charge in [0.05, 0.1) is 12.6 Å². The smallest absolute Gasteiger partial charge is 0.154 e. The van der Waals surface area contributed by atoms with Crippen molar-refractivity contribution in [1.82, 2.24) is 9.97 Å². The molecule has 0 saturated carbocycles. The first-order valence-electron chi connectivity index (χ1n) is 6.51. The molecule has 2 aromatic carbocycles. The SMILES string of the molecule is COc1ccccc1/C=C/c1nc(Cl)c2ccccc2n1. The van der Waals surface area contributed by atoms with Crippen LogP contribution < -0.4 is 4.74 Å². The summed E-state index contributed by atoms with van der Waals surface area (Å²) in [6.45, 7) is 0. The summed E-state index contributed by atoms with van der Waals surface area (Å²) in [5.74, 6) is 1.38. The molecule has 0 aliphatic rings. The lowest BCUT2D eigenvalue weighted by atomic mass is 10.2. The first kappa shape index (κ1) is 13.6. The Morgan fingerprint density at radius 2 is 1.71 bits per heavy atom. The summed E-state index contributed by atoms with van der Waals surface area (Å²) >= 11 is 6.19. The number of rotatable bonds is 3. The largest absolute Gasteiger partial charge is 0.496 e. The van der Waals surface area contributed by atoms with Gasteiger partial charge < -0.3 is 4.74 Å². The molecule has 0 spiro atoms. The van der Waals surface area contributed by atoms with Gasteiger partial charge in [0.25, 0.3) is 0 Å². The van der Waals surface area contributed by atoms with Crippen LogP contribution in [0.25, 0.3) is 23.1 Å². The number of halogens is 1. The van der Waals surface area contributed by atoms with E-state index in [9.17, 15) is 0 Å².